The van der Waals surface area contributed by atoms with Crippen LogP contribution < -0.4 is 5.73 Å². The third-order valence-electron chi connectivity index (χ3n) is 3.03. The van der Waals surface area contributed by atoms with Crippen LogP contribution in [0.1, 0.15) is 24.2 Å². The van der Waals surface area contributed by atoms with Gasteiger partial charge in [-0.15, -0.1) is 0 Å². The lowest BCUT2D eigenvalue weighted by Crippen LogP contribution is -2.27. The van der Waals surface area contributed by atoms with E-state index in [0.29, 0.717) is 12.2 Å². The zero-order chi connectivity index (χ0) is 14.5. The van der Waals surface area contributed by atoms with E-state index in [-0.39, 0.29) is 11.9 Å². The van der Waals surface area contributed by atoms with Gasteiger partial charge in [0.25, 0.3) is 0 Å². The number of nitrogens with two attached hydrogens (primary N) is 1. The zero-order valence-electron chi connectivity index (χ0n) is 11.2. The second-order valence-electron chi connectivity index (χ2n) is 4.74. The standard InChI is InChI=1S/C16H17BrFNO/c1-11(19)16(14-4-2-3-5-15(14)18)20-10-12-6-8-13(17)9-7-12/h2-9,11,16H,10,19H2,1H3. The van der Waals surface area contributed by atoms with Crippen molar-refractivity contribution in [3.63, 3.8) is 0 Å². The molecule has 0 bridgehead atoms. The Labute approximate surface area is 126 Å². The number of benzene rings is 2. The van der Waals surface area contributed by atoms with Crippen molar-refractivity contribution in [2.24, 2.45) is 5.73 Å². The molecule has 0 saturated carbocycles. The lowest BCUT2D eigenvalue weighted by Gasteiger charge is -2.22. The monoisotopic (exact) mass is 337 g/mol. The van der Waals surface area contributed by atoms with E-state index in [1.54, 1.807) is 18.2 Å². The van der Waals surface area contributed by atoms with E-state index in [1.807, 2.05) is 31.2 Å². The molecule has 0 aliphatic heterocycles. The average Bonchev–Trinajstić information content (AvgIpc) is 2.42. The van der Waals surface area contributed by atoms with Crippen LogP contribution in [0, 0.1) is 5.82 Å². The van der Waals surface area contributed by atoms with Gasteiger partial charge in [0.2, 0.25) is 0 Å². The highest BCUT2D eigenvalue weighted by molar-refractivity contribution is 9.10. The molecule has 2 unspecified atom stereocenters. The van der Waals surface area contributed by atoms with E-state index in [4.69, 9.17) is 10.5 Å². The third kappa shape index (κ3) is 3.88. The van der Waals surface area contributed by atoms with Crippen molar-refractivity contribution in [3.05, 3.63) is 69.9 Å². The van der Waals surface area contributed by atoms with Gasteiger partial charge in [-0.3, -0.25) is 0 Å². The quantitative estimate of drug-likeness (QED) is 0.887. The van der Waals surface area contributed by atoms with Crippen molar-refractivity contribution >= 4 is 15.9 Å². The van der Waals surface area contributed by atoms with Crippen LogP contribution in [-0.2, 0) is 11.3 Å². The number of hydrogen-bond acceptors (Lipinski definition) is 2. The average molecular weight is 338 g/mol. The maximum atomic E-state index is 13.8. The first-order valence-electron chi connectivity index (χ1n) is 6.44. The fraction of sp³-hybridized carbons (Fsp3) is 0.250. The molecule has 0 amide bonds. The van der Waals surface area contributed by atoms with E-state index >= 15 is 0 Å². The molecular weight excluding hydrogens is 321 g/mol. The third-order valence-corrected chi connectivity index (χ3v) is 3.56. The van der Waals surface area contributed by atoms with Crippen molar-refractivity contribution in [1.29, 1.82) is 0 Å². The van der Waals surface area contributed by atoms with Crippen LogP contribution in [0.3, 0.4) is 0 Å². The predicted octanol–water partition coefficient (Wildman–Crippen LogP) is 4.19. The maximum Gasteiger partial charge on any atom is 0.129 e. The summed E-state index contributed by atoms with van der Waals surface area (Å²) in [4.78, 5) is 0. The first kappa shape index (κ1) is 15.2. The molecule has 4 heteroatoms. The van der Waals surface area contributed by atoms with Gasteiger partial charge in [-0.1, -0.05) is 46.3 Å². The fourth-order valence-corrected chi connectivity index (χ4v) is 2.26. The highest BCUT2D eigenvalue weighted by Gasteiger charge is 2.20. The summed E-state index contributed by atoms with van der Waals surface area (Å²) in [5.41, 5.74) is 7.45. The van der Waals surface area contributed by atoms with Gasteiger partial charge in [0.15, 0.2) is 0 Å². The van der Waals surface area contributed by atoms with E-state index in [0.717, 1.165) is 10.0 Å². The van der Waals surface area contributed by atoms with Crippen molar-refractivity contribution in [3.8, 4) is 0 Å². The summed E-state index contributed by atoms with van der Waals surface area (Å²) in [6, 6.07) is 14.1. The highest BCUT2D eigenvalue weighted by atomic mass is 79.9. The molecule has 0 aromatic heterocycles. The number of ether oxygens (including phenoxy) is 1. The Kier molecular flexibility index (Phi) is 5.29. The van der Waals surface area contributed by atoms with Gasteiger partial charge in [-0.2, -0.15) is 0 Å². The summed E-state index contributed by atoms with van der Waals surface area (Å²) >= 11 is 3.38. The minimum absolute atomic E-state index is 0.286. The van der Waals surface area contributed by atoms with Crippen LogP contribution in [0.25, 0.3) is 0 Å². The molecule has 106 valence electrons. The van der Waals surface area contributed by atoms with Crippen molar-refractivity contribution in [2.45, 2.75) is 25.7 Å². The van der Waals surface area contributed by atoms with E-state index in [2.05, 4.69) is 15.9 Å². The van der Waals surface area contributed by atoms with Gasteiger partial charge >= 0.3 is 0 Å². The Bertz CT molecular complexity index is 557. The van der Waals surface area contributed by atoms with E-state index < -0.39 is 6.10 Å². The minimum Gasteiger partial charge on any atom is -0.367 e. The van der Waals surface area contributed by atoms with Gasteiger partial charge in [-0.25, -0.2) is 4.39 Å². The largest absolute Gasteiger partial charge is 0.367 e. The molecule has 0 radical (unpaired) electrons. The van der Waals surface area contributed by atoms with Crippen molar-refractivity contribution < 1.29 is 9.13 Å². The number of halogens is 2. The maximum absolute atomic E-state index is 13.8. The predicted molar refractivity (Wildman–Crippen MR) is 81.7 cm³/mol. The van der Waals surface area contributed by atoms with Gasteiger partial charge in [-0.05, 0) is 30.7 Å². The first-order valence-corrected chi connectivity index (χ1v) is 7.23. The molecule has 2 aromatic rings. The fourth-order valence-electron chi connectivity index (χ4n) is 2.00. The zero-order valence-corrected chi connectivity index (χ0v) is 12.8. The number of hydrogen-bond donors (Lipinski definition) is 1. The van der Waals surface area contributed by atoms with Gasteiger partial charge in [0.05, 0.1) is 6.61 Å². The molecule has 0 aliphatic rings. The van der Waals surface area contributed by atoms with Crippen LogP contribution in [0.15, 0.2) is 53.0 Å². The summed E-state index contributed by atoms with van der Waals surface area (Å²) in [6.45, 7) is 2.21. The first-order chi connectivity index (χ1) is 9.58. The highest BCUT2D eigenvalue weighted by Crippen LogP contribution is 2.24. The Balaban J connectivity index is 2.11. The van der Waals surface area contributed by atoms with Crippen molar-refractivity contribution in [2.75, 3.05) is 0 Å². The molecule has 0 fully saturated rings. The molecule has 0 spiro atoms. The molecule has 20 heavy (non-hydrogen) atoms. The van der Waals surface area contributed by atoms with Gasteiger partial charge in [0, 0.05) is 16.1 Å². The lowest BCUT2D eigenvalue weighted by atomic mass is 10.0. The molecule has 2 aromatic carbocycles. The summed E-state index contributed by atoms with van der Waals surface area (Å²) in [5.74, 6) is -0.286. The Hall–Kier alpha value is -1.23. The Morgan fingerprint density at radius 1 is 1.15 bits per heavy atom. The summed E-state index contributed by atoms with van der Waals surface area (Å²) < 4.78 is 20.7. The lowest BCUT2D eigenvalue weighted by molar-refractivity contribution is 0.0236. The molecular formula is C16H17BrFNO. The molecule has 0 saturated heterocycles. The minimum atomic E-state index is -0.458. The van der Waals surface area contributed by atoms with E-state index in [1.165, 1.54) is 6.07 Å². The molecule has 0 heterocycles. The van der Waals surface area contributed by atoms with Gasteiger partial charge in [0.1, 0.15) is 11.9 Å². The number of rotatable bonds is 5. The van der Waals surface area contributed by atoms with Crippen LogP contribution in [0.5, 0.6) is 0 Å². The van der Waals surface area contributed by atoms with Crippen LogP contribution in [0.2, 0.25) is 0 Å². The summed E-state index contributed by atoms with van der Waals surface area (Å²) in [6.07, 6.45) is -0.458. The Morgan fingerprint density at radius 2 is 1.80 bits per heavy atom. The molecule has 2 atom stereocenters. The molecule has 2 rings (SSSR count). The molecule has 2 nitrogen and oxygen atoms in total. The second-order valence-corrected chi connectivity index (χ2v) is 5.65. The molecule has 2 N–H and O–H groups in total. The van der Waals surface area contributed by atoms with Crippen LogP contribution in [-0.4, -0.2) is 6.04 Å². The van der Waals surface area contributed by atoms with Crippen molar-refractivity contribution in [1.82, 2.24) is 0 Å². The van der Waals surface area contributed by atoms with Crippen LogP contribution in [0.4, 0.5) is 4.39 Å². The smallest absolute Gasteiger partial charge is 0.129 e. The van der Waals surface area contributed by atoms with Gasteiger partial charge < -0.3 is 10.5 Å². The normalized spacial score (nSPS) is 14.0. The SMILES string of the molecule is CC(N)C(OCc1ccc(Br)cc1)c1ccccc1F. The van der Waals surface area contributed by atoms with E-state index in [9.17, 15) is 4.39 Å². The summed E-state index contributed by atoms with van der Waals surface area (Å²) in [7, 11) is 0. The Morgan fingerprint density at radius 3 is 2.40 bits per heavy atom. The second kappa shape index (κ2) is 6.97. The topological polar surface area (TPSA) is 35.2 Å². The molecule has 0 aliphatic carbocycles. The summed E-state index contributed by atoms with van der Waals surface area (Å²) in [5, 5.41) is 0. The van der Waals surface area contributed by atoms with Crippen LogP contribution >= 0.6 is 15.9 Å².